The van der Waals surface area contributed by atoms with E-state index in [1.807, 2.05) is 29.9 Å². The van der Waals surface area contributed by atoms with Gasteiger partial charge in [-0.3, -0.25) is 9.35 Å². The van der Waals surface area contributed by atoms with E-state index in [0.29, 0.717) is 37.7 Å². The van der Waals surface area contributed by atoms with Crippen molar-refractivity contribution in [2.75, 3.05) is 17.0 Å². The summed E-state index contributed by atoms with van der Waals surface area (Å²) in [5.74, 6) is -1.36. The number of thiazole rings is 1. The van der Waals surface area contributed by atoms with Gasteiger partial charge < -0.3 is 4.90 Å². The van der Waals surface area contributed by atoms with E-state index in [1.165, 1.54) is 28.0 Å². The van der Waals surface area contributed by atoms with Gasteiger partial charge in [0.2, 0.25) is 22.1 Å². The summed E-state index contributed by atoms with van der Waals surface area (Å²) in [6, 6.07) is 10.3. The van der Waals surface area contributed by atoms with Gasteiger partial charge in [-0.2, -0.15) is 13.0 Å². The standard InChI is InChI=1S/C23H21Cl2N3O6S4/c1-3-14(9-23-28(13-38(32,33)34)18-11-16(25)5-7-20(18)36-23)8-22-27(12-21(29)26-37(2,30)31)17-10-15(24)4-6-19(17)35-22/h4-11H,3,12-13H2,1-2H3,(H-,26,29,32,33,34)/p+1. The van der Waals surface area contributed by atoms with E-state index < -0.39 is 31.9 Å². The largest absolute Gasteiger partial charge is 0.317 e. The molecule has 0 saturated carbocycles. The molecule has 1 aliphatic heterocycles. The van der Waals surface area contributed by atoms with Crippen molar-refractivity contribution in [3.63, 3.8) is 0 Å². The Hall–Kier alpha value is -2.13. The molecule has 0 aliphatic carbocycles. The summed E-state index contributed by atoms with van der Waals surface area (Å²) in [5.41, 5.74) is 2.01. The molecule has 4 rings (SSSR count). The van der Waals surface area contributed by atoms with E-state index in [-0.39, 0.29) is 6.54 Å². The minimum atomic E-state index is -4.35. The molecule has 0 unspecified atom stereocenters. The van der Waals surface area contributed by atoms with E-state index in [0.717, 1.165) is 21.4 Å². The van der Waals surface area contributed by atoms with E-state index in [1.54, 1.807) is 34.9 Å². The Balaban J connectivity index is 1.79. The van der Waals surface area contributed by atoms with Gasteiger partial charge in [-0.15, -0.1) is 0 Å². The van der Waals surface area contributed by atoms with E-state index in [9.17, 15) is 26.2 Å². The van der Waals surface area contributed by atoms with Crippen LogP contribution in [0.4, 0.5) is 5.69 Å². The number of hydrogen-bond donors (Lipinski definition) is 2. The molecule has 2 N–H and O–H groups in total. The molecule has 0 fully saturated rings. The van der Waals surface area contributed by atoms with Crippen LogP contribution in [0.15, 0.2) is 58.0 Å². The Labute approximate surface area is 238 Å². The zero-order chi connectivity index (χ0) is 27.8. The third-order valence-corrected chi connectivity index (χ3v) is 9.18. The monoisotopic (exact) mass is 634 g/mol. The molecule has 1 aromatic heterocycles. The Morgan fingerprint density at radius 1 is 1.13 bits per heavy atom. The summed E-state index contributed by atoms with van der Waals surface area (Å²) in [6.07, 6.45) is 5.11. The number of sulfonamides is 1. The van der Waals surface area contributed by atoms with E-state index in [2.05, 4.69) is 0 Å². The number of halogens is 2. The smallest absolute Gasteiger partial charge is 0.299 e. The number of aromatic nitrogens is 1. The maximum atomic E-state index is 12.5. The molecule has 202 valence electrons. The Morgan fingerprint density at radius 3 is 2.47 bits per heavy atom. The fourth-order valence-corrected chi connectivity index (χ4v) is 7.50. The van der Waals surface area contributed by atoms with Crippen molar-refractivity contribution in [2.24, 2.45) is 0 Å². The number of fused-ring (bicyclic) bond motifs is 2. The molecule has 38 heavy (non-hydrogen) atoms. The van der Waals surface area contributed by atoms with Gasteiger partial charge in [0.05, 0.1) is 17.0 Å². The van der Waals surface area contributed by atoms with Crippen LogP contribution < -0.4 is 14.2 Å². The number of nitrogens with zero attached hydrogens (tertiary/aromatic N) is 2. The van der Waals surface area contributed by atoms with E-state index >= 15 is 0 Å². The van der Waals surface area contributed by atoms with Gasteiger partial charge in [-0.1, -0.05) is 53.2 Å². The highest BCUT2D eigenvalue weighted by molar-refractivity contribution is 8.03. The Kier molecular flexibility index (Phi) is 8.48. The van der Waals surface area contributed by atoms with Gasteiger partial charge in [0, 0.05) is 27.1 Å². The number of amides is 1. The van der Waals surface area contributed by atoms with Gasteiger partial charge in [-0.25, -0.2) is 13.1 Å². The summed E-state index contributed by atoms with van der Waals surface area (Å²) >= 11 is 15.1. The van der Waals surface area contributed by atoms with Crippen LogP contribution >= 0.6 is 46.3 Å². The zero-order valence-corrected chi connectivity index (χ0v) is 24.8. The molecule has 1 amide bonds. The number of carbonyl (C=O) groups is 1. The van der Waals surface area contributed by atoms with Crippen LogP contribution in [0.5, 0.6) is 0 Å². The molecule has 2 heterocycles. The quantitative estimate of drug-likeness (QED) is 0.271. The number of hydrogen-bond acceptors (Lipinski definition) is 8. The molecule has 0 atom stereocenters. The zero-order valence-electron chi connectivity index (χ0n) is 20.0. The molecular formula is C23H22Cl2N3O6S4+. The average molecular weight is 636 g/mol. The van der Waals surface area contributed by atoms with E-state index in [4.69, 9.17) is 23.2 Å². The van der Waals surface area contributed by atoms with Crippen molar-refractivity contribution < 1.29 is 30.7 Å². The number of anilines is 1. The second kappa shape index (κ2) is 11.2. The predicted molar refractivity (Wildman–Crippen MR) is 153 cm³/mol. The number of benzene rings is 2. The van der Waals surface area contributed by atoms with Crippen molar-refractivity contribution >= 4 is 94.3 Å². The molecule has 1 aliphatic rings. The fraction of sp³-hybridized carbons (Fsp3) is 0.217. The molecule has 2 aromatic carbocycles. The number of carbonyl (C=O) groups excluding carboxylic acids is 1. The minimum absolute atomic E-state index is 0.264. The van der Waals surface area contributed by atoms with Crippen molar-refractivity contribution in [3.05, 3.63) is 68.1 Å². The lowest BCUT2D eigenvalue weighted by atomic mass is 10.2. The lowest BCUT2D eigenvalue weighted by molar-refractivity contribution is -0.655. The molecule has 0 bridgehead atoms. The maximum absolute atomic E-state index is 12.5. The topological polar surface area (TPSA) is 125 Å². The molecule has 3 aromatic rings. The lowest BCUT2D eigenvalue weighted by Crippen LogP contribution is -2.45. The van der Waals surface area contributed by atoms with Gasteiger partial charge in [0.25, 0.3) is 21.0 Å². The minimum Gasteiger partial charge on any atom is -0.317 e. The van der Waals surface area contributed by atoms with Gasteiger partial charge in [-0.05, 0) is 48.4 Å². The number of nitrogens with one attached hydrogen (secondary N) is 1. The molecule has 15 heteroatoms. The van der Waals surface area contributed by atoms with Gasteiger partial charge >= 0.3 is 0 Å². The fourth-order valence-electron chi connectivity index (χ4n) is 3.77. The van der Waals surface area contributed by atoms with Crippen LogP contribution in [0.1, 0.15) is 18.4 Å². The summed E-state index contributed by atoms with van der Waals surface area (Å²) in [7, 11) is -8.10. The number of thioether (sulfide) groups is 1. The summed E-state index contributed by atoms with van der Waals surface area (Å²) < 4.78 is 60.8. The van der Waals surface area contributed by atoms with Gasteiger partial charge in [0.1, 0.15) is 4.70 Å². The first-order valence-electron chi connectivity index (χ1n) is 11.0. The normalized spacial score (nSPS) is 15.3. The third kappa shape index (κ3) is 7.08. The first-order chi connectivity index (χ1) is 17.7. The van der Waals surface area contributed by atoms with Crippen molar-refractivity contribution in [1.29, 1.82) is 0 Å². The molecule has 0 radical (unpaired) electrons. The number of allylic oxidation sites excluding steroid dienone is 2. The predicted octanol–water partition coefficient (Wildman–Crippen LogP) is 4.66. The highest BCUT2D eigenvalue weighted by Gasteiger charge is 2.29. The van der Waals surface area contributed by atoms with Crippen LogP contribution in [0.2, 0.25) is 10.0 Å². The van der Waals surface area contributed by atoms with Crippen molar-refractivity contribution in [2.45, 2.75) is 24.8 Å². The molecule has 0 spiro atoms. The van der Waals surface area contributed by atoms with Crippen LogP contribution in [-0.4, -0.2) is 39.4 Å². The first-order valence-corrected chi connectivity index (χ1v) is 16.9. The summed E-state index contributed by atoms with van der Waals surface area (Å²) in [4.78, 5) is 14.8. The average Bonchev–Trinajstić information content (AvgIpc) is 3.28. The summed E-state index contributed by atoms with van der Waals surface area (Å²) in [5, 5.41) is 2.11. The van der Waals surface area contributed by atoms with Crippen LogP contribution in [-0.2, 0) is 31.5 Å². The molecular weight excluding hydrogens is 613 g/mol. The second-order valence-corrected chi connectivity index (χ2v) is 14.5. The maximum Gasteiger partial charge on any atom is 0.299 e. The Bertz CT molecular complexity index is 1720. The second-order valence-electron chi connectivity index (χ2n) is 8.34. The highest BCUT2D eigenvalue weighted by Crippen LogP contribution is 2.47. The van der Waals surface area contributed by atoms with Crippen LogP contribution in [0.3, 0.4) is 0 Å². The lowest BCUT2D eigenvalue weighted by Gasteiger charge is -2.19. The summed E-state index contributed by atoms with van der Waals surface area (Å²) in [6.45, 7) is 1.66. The van der Waals surface area contributed by atoms with Gasteiger partial charge in [0.15, 0.2) is 5.88 Å². The number of rotatable bonds is 8. The van der Waals surface area contributed by atoms with Crippen LogP contribution in [0, 0.1) is 0 Å². The molecule has 9 nitrogen and oxygen atoms in total. The SMILES string of the molecule is CCC(/C=C1\Sc2ccc(Cl)cc2N1CS(=O)(=O)O)=C\c1sc2ccc(Cl)cc2[n+]1CC(=O)NS(C)(=O)=O. The third-order valence-electron chi connectivity index (χ3n) is 5.30. The first kappa shape index (κ1) is 28.9. The van der Waals surface area contributed by atoms with Crippen molar-refractivity contribution in [3.8, 4) is 0 Å². The van der Waals surface area contributed by atoms with Crippen LogP contribution in [0.25, 0.3) is 16.3 Å². The van der Waals surface area contributed by atoms with Crippen molar-refractivity contribution in [1.82, 2.24) is 4.72 Å². The Morgan fingerprint density at radius 2 is 1.82 bits per heavy atom. The highest BCUT2D eigenvalue weighted by atomic mass is 35.5. The molecule has 0 saturated heterocycles.